The minimum atomic E-state index is -0.105. The summed E-state index contributed by atoms with van der Waals surface area (Å²) in [5, 5.41) is 14.3. The van der Waals surface area contributed by atoms with Gasteiger partial charge in [-0.05, 0) is 63.0 Å². The van der Waals surface area contributed by atoms with Gasteiger partial charge in [0, 0.05) is 36.1 Å². The van der Waals surface area contributed by atoms with Gasteiger partial charge in [-0.3, -0.25) is 0 Å². The van der Waals surface area contributed by atoms with Crippen LogP contribution in [0.2, 0.25) is 0 Å². The molecule has 3 atom stereocenters. The van der Waals surface area contributed by atoms with Crippen LogP contribution in [-0.2, 0) is 0 Å². The van der Waals surface area contributed by atoms with Crippen molar-refractivity contribution in [2.24, 2.45) is 0 Å². The Labute approximate surface area is 144 Å². The van der Waals surface area contributed by atoms with E-state index in [-0.39, 0.29) is 6.10 Å². The van der Waals surface area contributed by atoms with E-state index in [0.29, 0.717) is 12.1 Å². The van der Waals surface area contributed by atoms with Crippen LogP contribution in [0.4, 0.5) is 5.69 Å². The average molecular weight is 335 g/mol. The second-order valence-electron chi connectivity index (χ2n) is 7.07. The van der Waals surface area contributed by atoms with Gasteiger partial charge in [0.15, 0.2) is 0 Å². The van der Waals surface area contributed by atoms with Crippen molar-refractivity contribution < 1.29 is 5.11 Å². The van der Waals surface area contributed by atoms with Crippen LogP contribution in [0, 0.1) is 0 Å². The first-order valence-corrected chi connectivity index (χ1v) is 10.3. The third kappa shape index (κ3) is 4.43. The smallest absolute Gasteiger partial charge is 0.0574 e. The van der Waals surface area contributed by atoms with Gasteiger partial charge in [0.25, 0.3) is 0 Å². The van der Waals surface area contributed by atoms with E-state index in [1.807, 2.05) is 11.8 Å². The van der Waals surface area contributed by atoms with Crippen molar-refractivity contribution in [3.63, 3.8) is 0 Å². The second kappa shape index (κ2) is 7.91. The van der Waals surface area contributed by atoms with Crippen molar-refractivity contribution in [2.45, 2.75) is 62.5 Å². The highest BCUT2D eigenvalue weighted by Gasteiger charge is 2.25. The Morgan fingerprint density at radius 2 is 1.83 bits per heavy atom. The van der Waals surface area contributed by atoms with E-state index in [2.05, 4.69) is 47.7 Å². The van der Waals surface area contributed by atoms with E-state index in [0.717, 1.165) is 31.2 Å². The fourth-order valence-corrected chi connectivity index (χ4v) is 4.65. The molecule has 1 aliphatic carbocycles. The highest BCUT2D eigenvalue weighted by atomic mass is 32.2. The Kier molecular flexibility index (Phi) is 5.89. The predicted molar refractivity (Wildman–Crippen MR) is 100 cm³/mol. The fraction of sp³-hybridized carbons (Fsp3) is 0.684. The zero-order valence-electron chi connectivity index (χ0n) is 14.4. The van der Waals surface area contributed by atoms with E-state index < -0.39 is 0 Å². The molecule has 0 radical (unpaired) electrons. The lowest BCUT2D eigenvalue weighted by molar-refractivity contribution is 0.145. The molecule has 1 aromatic rings. The lowest BCUT2D eigenvalue weighted by Gasteiger charge is -2.31. The summed E-state index contributed by atoms with van der Waals surface area (Å²) < 4.78 is 0. The van der Waals surface area contributed by atoms with Crippen molar-refractivity contribution in [1.29, 1.82) is 0 Å². The molecule has 1 aromatic carbocycles. The summed E-state index contributed by atoms with van der Waals surface area (Å²) in [6.45, 7) is 4.21. The number of nitrogens with one attached hydrogen (secondary N) is 1. The Hall–Kier alpha value is -0.710. The highest BCUT2D eigenvalue weighted by Crippen LogP contribution is 2.30. The maximum Gasteiger partial charge on any atom is 0.0574 e. The molecule has 1 saturated heterocycles. The third-order valence-electron chi connectivity index (χ3n) is 5.43. The van der Waals surface area contributed by atoms with Crippen LogP contribution in [0.25, 0.3) is 0 Å². The molecule has 0 amide bonds. The minimum absolute atomic E-state index is 0.105. The number of aliphatic hydroxyl groups is 1. The summed E-state index contributed by atoms with van der Waals surface area (Å²) in [5.41, 5.74) is 2.66. The van der Waals surface area contributed by atoms with Gasteiger partial charge in [0.2, 0.25) is 0 Å². The lowest BCUT2D eigenvalue weighted by Crippen LogP contribution is -2.35. The SMILES string of the molecule is CSC1CCC(NC(C)c2ccc(N3CCC(O)CC3)cc2)C1. The standard InChI is InChI=1S/C19H30N2OS/c1-14(20-16-5-8-19(13-16)23-2)15-3-6-17(7-4-15)21-11-9-18(22)10-12-21/h3-4,6-7,14,16,18-20,22H,5,8-13H2,1-2H3. The number of anilines is 1. The lowest BCUT2D eigenvalue weighted by atomic mass is 10.0. The molecule has 3 rings (SSSR count). The van der Waals surface area contributed by atoms with E-state index >= 15 is 0 Å². The van der Waals surface area contributed by atoms with Crippen LogP contribution in [-0.4, -0.2) is 41.8 Å². The zero-order valence-corrected chi connectivity index (χ0v) is 15.2. The molecule has 2 N–H and O–H groups in total. The molecular formula is C19H30N2OS. The van der Waals surface area contributed by atoms with Gasteiger partial charge in [-0.1, -0.05) is 12.1 Å². The summed E-state index contributed by atoms with van der Waals surface area (Å²) >= 11 is 2.01. The molecule has 3 nitrogen and oxygen atoms in total. The van der Waals surface area contributed by atoms with E-state index in [4.69, 9.17) is 0 Å². The maximum absolute atomic E-state index is 9.63. The fourth-order valence-electron chi connectivity index (χ4n) is 3.85. The summed E-state index contributed by atoms with van der Waals surface area (Å²) in [6.07, 6.45) is 7.87. The molecule has 4 heteroatoms. The van der Waals surface area contributed by atoms with Crippen molar-refractivity contribution in [2.75, 3.05) is 24.2 Å². The Bertz CT molecular complexity index is 485. The zero-order chi connectivity index (χ0) is 16.2. The Balaban J connectivity index is 1.54. The van der Waals surface area contributed by atoms with Crippen molar-refractivity contribution in [1.82, 2.24) is 5.32 Å². The van der Waals surface area contributed by atoms with Crippen LogP contribution >= 0.6 is 11.8 Å². The monoisotopic (exact) mass is 334 g/mol. The summed E-state index contributed by atoms with van der Waals surface area (Å²) in [5.74, 6) is 0. The third-order valence-corrected chi connectivity index (χ3v) is 6.52. The average Bonchev–Trinajstić information content (AvgIpc) is 3.03. The number of piperidine rings is 1. The normalized spacial score (nSPS) is 27.3. The van der Waals surface area contributed by atoms with Crippen LogP contribution < -0.4 is 10.2 Å². The number of aliphatic hydroxyl groups excluding tert-OH is 1. The largest absolute Gasteiger partial charge is 0.393 e. The number of hydrogen-bond donors (Lipinski definition) is 2. The number of benzene rings is 1. The van der Waals surface area contributed by atoms with Crippen molar-refractivity contribution >= 4 is 17.4 Å². The number of rotatable bonds is 5. The summed E-state index contributed by atoms with van der Waals surface area (Å²) in [4.78, 5) is 2.38. The molecular weight excluding hydrogens is 304 g/mol. The predicted octanol–water partition coefficient (Wildman–Crippen LogP) is 3.58. The molecule has 0 aromatic heterocycles. The van der Waals surface area contributed by atoms with Gasteiger partial charge in [-0.2, -0.15) is 11.8 Å². The van der Waals surface area contributed by atoms with Gasteiger partial charge in [0.05, 0.1) is 6.10 Å². The van der Waals surface area contributed by atoms with Gasteiger partial charge in [-0.15, -0.1) is 0 Å². The van der Waals surface area contributed by atoms with Crippen LogP contribution in [0.15, 0.2) is 24.3 Å². The molecule has 2 fully saturated rings. The molecule has 1 aliphatic heterocycles. The van der Waals surface area contributed by atoms with E-state index in [9.17, 15) is 5.11 Å². The molecule has 0 spiro atoms. The minimum Gasteiger partial charge on any atom is -0.393 e. The molecule has 2 aliphatic rings. The van der Waals surface area contributed by atoms with Crippen LogP contribution in [0.5, 0.6) is 0 Å². The van der Waals surface area contributed by atoms with Gasteiger partial charge < -0.3 is 15.3 Å². The quantitative estimate of drug-likeness (QED) is 0.863. The molecule has 1 saturated carbocycles. The first-order valence-electron chi connectivity index (χ1n) is 8.97. The van der Waals surface area contributed by atoms with Crippen molar-refractivity contribution in [3.8, 4) is 0 Å². The number of hydrogen-bond acceptors (Lipinski definition) is 4. The molecule has 1 heterocycles. The van der Waals surface area contributed by atoms with Crippen LogP contribution in [0.3, 0.4) is 0 Å². The molecule has 0 bridgehead atoms. The Morgan fingerprint density at radius 3 is 2.43 bits per heavy atom. The first kappa shape index (κ1) is 17.1. The topological polar surface area (TPSA) is 35.5 Å². The molecule has 128 valence electrons. The van der Waals surface area contributed by atoms with E-state index in [1.165, 1.54) is 30.5 Å². The number of nitrogens with zero attached hydrogens (tertiary/aromatic N) is 1. The van der Waals surface area contributed by atoms with Gasteiger partial charge >= 0.3 is 0 Å². The Morgan fingerprint density at radius 1 is 1.13 bits per heavy atom. The summed E-state index contributed by atoms with van der Waals surface area (Å²) in [7, 11) is 0. The van der Waals surface area contributed by atoms with Gasteiger partial charge in [-0.25, -0.2) is 0 Å². The first-order chi connectivity index (χ1) is 11.2. The molecule has 23 heavy (non-hydrogen) atoms. The van der Waals surface area contributed by atoms with Crippen LogP contribution in [0.1, 0.15) is 50.6 Å². The van der Waals surface area contributed by atoms with Crippen molar-refractivity contribution in [3.05, 3.63) is 29.8 Å². The summed E-state index contributed by atoms with van der Waals surface area (Å²) in [6, 6.07) is 10.1. The second-order valence-corrected chi connectivity index (χ2v) is 8.20. The van der Waals surface area contributed by atoms with Gasteiger partial charge in [0.1, 0.15) is 0 Å². The maximum atomic E-state index is 9.63. The molecule has 3 unspecified atom stereocenters. The van der Waals surface area contributed by atoms with E-state index in [1.54, 1.807) is 0 Å². The highest BCUT2D eigenvalue weighted by molar-refractivity contribution is 7.99. The number of thioether (sulfide) groups is 1.